The van der Waals surface area contributed by atoms with Crippen LogP contribution in [0, 0.1) is 11.3 Å². The molecule has 1 aliphatic heterocycles. The highest BCUT2D eigenvalue weighted by atomic mass is 19.4. The molecule has 34 heavy (non-hydrogen) atoms. The summed E-state index contributed by atoms with van der Waals surface area (Å²) < 4.78 is 48.0. The average Bonchev–Trinajstić information content (AvgIpc) is 3.21. The number of alkyl halides is 3. The molecule has 0 spiro atoms. The lowest BCUT2D eigenvalue weighted by atomic mass is 9.90. The molecule has 3 rings (SSSR count). The van der Waals surface area contributed by atoms with Crippen molar-refractivity contribution >= 4 is 5.69 Å². The Morgan fingerprint density at radius 1 is 1.15 bits per heavy atom. The number of hydrogen-bond donors (Lipinski definition) is 2. The Labute approximate surface area is 197 Å². The van der Waals surface area contributed by atoms with E-state index in [-0.39, 0.29) is 24.7 Å². The number of aliphatic hydroxyl groups excluding tert-OH is 1. The molecule has 1 aliphatic rings. The van der Waals surface area contributed by atoms with Crippen molar-refractivity contribution < 1.29 is 27.8 Å². The van der Waals surface area contributed by atoms with Crippen LogP contribution in [0.3, 0.4) is 0 Å². The van der Waals surface area contributed by atoms with Gasteiger partial charge in [0.1, 0.15) is 12.7 Å². The second kappa shape index (κ2) is 11.0. The molecule has 2 aromatic rings. The number of ether oxygens (including phenoxy) is 2. The normalized spacial score (nSPS) is 13.5. The van der Waals surface area contributed by atoms with Crippen LogP contribution in [-0.4, -0.2) is 50.7 Å². The number of halogens is 3. The van der Waals surface area contributed by atoms with E-state index < -0.39 is 18.3 Å². The molecule has 2 N–H and O–H groups in total. The Balaban J connectivity index is 1.62. The third-order valence-electron chi connectivity index (χ3n) is 5.75. The van der Waals surface area contributed by atoms with Gasteiger partial charge in [0.05, 0.1) is 11.3 Å². The van der Waals surface area contributed by atoms with Gasteiger partial charge < -0.3 is 24.8 Å². The van der Waals surface area contributed by atoms with Crippen molar-refractivity contribution in [3.63, 3.8) is 0 Å². The standard InChI is InChI=1S/C25H30F3N3O3/c1-24(2,20-14-18-8-11-31(10-5-12-32)23(18)19(15-20)16-29)30-9-13-33-21-6-3-4-7-22(21)34-17-25(26,27)28/h3-4,6-7,14-15,30,32H,5,8-13,17H2,1-2H3. The van der Waals surface area contributed by atoms with Crippen LogP contribution in [0.15, 0.2) is 36.4 Å². The van der Waals surface area contributed by atoms with Crippen molar-refractivity contribution in [2.45, 2.75) is 38.4 Å². The van der Waals surface area contributed by atoms with Gasteiger partial charge in [-0.2, -0.15) is 18.4 Å². The topological polar surface area (TPSA) is 77.8 Å². The Kier molecular flexibility index (Phi) is 8.28. The van der Waals surface area contributed by atoms with Gasteiger partial charge in [-0.25, -0.2) is 0 Å². The molecule has 0 aromatic heterocycles. The van der Waals surface area contributed by atoms with Crippen molar-refractivity contribution in [2.75, 3.05) is 44.4 Å². The minimum atomic E-state index is -4.42. The summed E-state index contributed by atoms with van der Waals surface area (Å²) in [7, 11) is 0. The predicted octanol–water partition coefficient (Wildman–Crippen LogP) is 4.15. The maximum absolute atomic E-state index is 12.5. The van der Waals surface area contributed by atoms with Gasteiger partial charge in [-0.3, -0.25) is 0 Å². The molecule has 0 saturated carbocycles. The lowest BCUT2D eigenvalue weighted by Crippen LogP contribution is -2.39. The molecule has 2 aromatic carbocycles. The zero-order chi connectivity index (χ0) is 24.8. The molecule has 0 fully saturated rings. The van der Waals surface area contributed by atoms with Crippen LogP contribution < -0.4 is 19.7 Å². The first-order valence-electron chi connectivity index (χ1n) is 11.2. The molecular weight excluding hydrogens is 447 g/mol. The summed E-state index contributed by atoms with van der Waals surface area (Å²) in [6, 6.07) is 12.6. The molecule has 9 heteroatoms. The van der Waals surface area contributed by atoms with Gasteiger partial charge >= 0.3 is 6.18 Å². The van der Waals surface area contributed by atoms with E-state index in [1.807, 2.05) is 19.9 Å². The van der Waals surface area contributed by atoms with Crippen LogP contribution in [0.5, 0.6) is 11.5 Å². The number of nitriles is 1. The summed E-state index contributed by atoms with van der Waals surface area (Å²) in [6.45, 7) is 4.95. The Morgan fingerprint density at radius 2 is 1.85 bits per heavy atom. The molecule has 0 radical (unpaired) electrons. The van der Waals surface area contributed by atoms with Crippen LogP contribution >= 0.6 is 0 Å². The van der Waals surface area contributed by atoms with E-state index in [9.17, 15) is 18.4 Å². The van der Waals surface area contributed by atoms with E-state index in [4.69, 9.17) is 14.6 Å². The number of hydrogen-bond acceptors (Lipinski definition) is 6. The number of benzene rings is 2. The van der Waals surface area contributed by atoms with E-state index in [1.54, 1.807) is 18.2 Å². The second-order valence-electron chi connectivity index (χ2n) is 8.71. The third kappa shape index (κ3) is 6.55. The van der Waals surface area contributed by atoms with E-state index in [2.05, 4.69) is 22.4 Å². The van der Waals surface area contributed by atoms with Gasteiger partial charge in [0.25, 0.3) is 0 Å². The number of anilines is 1. The number of rotatable bonds is 11. The molecule has 1 heterocycles. The zero-order valence-corrected chi connectivity index (χ0v) is 19.4. The van der Waals surface area contributed by atoms with E-state index in [0.29, 0.717) is 25.1 Å². The summed E-state index contributed by atoms with van der Waals surface area (Å²) in [5.74, 6) is 0.292. The van der Waals surface area contributed by atoms with Crippen molar-refractivity contribution in [1.82, 2.24) is 5.32 Å². The minimum Gasteiger partial charge on any atom is -0.488 e. The second-order valence-corrected chi connectivity index (χ2v) is 8.71. The quantitative estimate of drug-likeness (QED) is 0.474. The van der Waals surface area contributed by atoms with Crippen LogP contribution in [0.25, 0.3) is 0 Å². The smallest absolute Gasteiger partial charge is 0.422 e. The molecule has 0 unspecified atom stereocenters. The van der Waals surface area contributed by atoms with Gasteiger partial charge in [-0.15, -0.1) is 0 Å². The molecular formula is C25H30F3N3O3. The molecule has 0 bridgehead atoms. The van der Waals surface area contributed by atoms with E-state index in [0.717, 1.165) is 29.8 Å². The Hall–Kier alpha value is -2.96. The van der Waals surface area contributed by atoms with Crippen LogP contribution in [0.2, 0.25) is 0 Å². The van der Waals surface area contributed by atoms with Crippen LogP contribution in [0.1, 0.15) is 37.0 Å². The highest BCUT2D eigenvalue weighted by Crippen LogP contribution is 2.36. The number of nitrogens with zero attached hydrogens (tertiary/aromatic N) is 2. The van der Waals surface area contributed by atoms with E-state index in [1.165, 1.54) is 6.07 Å². The molecule has 0 saturated heterocycles. The van der Waals surface area contributed by atoms with Gasteiger partial charge in [0, 0.05) is 31.8 Å². The van der Waals surface area contributed by atoms with Gasteiger partial charge in [-0.05, 0) is 56.0 Å². The van der Waals surface area contributed by atoms with Gasteiger partial charge in [-0.1, -0.05) is 18.2 Å². The predicted molar refractivity (Wildman–Crippen MR) is 123 cm³/mol. The number of aliphatic hydroxyl groups is 1. The Bertz CT molecular complexity index is 1020. The first kappa shape index (κ1) is 25.7. The summed E-state index contributed by atoms with van der Waals surface area (Å²) in [6.07, 6.45) is -2.92. The summed E-state index contributed by atoms with van der Waals surface area (Å²) in [4.78, 5) is 2.15. The largest absolute Gasteiger partial charge is 0.488 e. The van der Waals surface area contributed by atoms with E-state index >= 15 is 0 Å². The summed E-state index contributed by atoms with van der Waals surface area (Å²) in [5, 5.41) is 22.3. The molecule has 0 aliphatic carbocycles. The number of nitrogens with one attached hydrogen (secondary N) is 1. The third-order valence-corrected chi connectivity index (χ3v) is 5.75. The fourth-order valence-corrected chi connectivity index (χ4v) is 4.03. The Morgan fingerprint density at radius 3 is 2.50 bits per heavy atom. The average molecular weight is 478 g/mol. The number of fused-ring (bicyclic) bond motifs is 1. The molecule has 6 nitrogen and oxygen atoms in total. The van der Waals surface area contributed by atoms with Gasteiger partial charge in [0.2, 0.25) is 0 Å². The minimum absolute atomic E-state index is 0.0436. The zero-order valence-electron chi connectivity index (χ0n) is 19.4. The molecule has 0 amide bonds. The van der Waals surface area contributed by atoms with Crippen molar-refractivity contribution in [1.29, 1.82) is 5.26 Å². The monoisotopic (exact) mass is 477 g/mol. The summed E-state index contributed by atoms with van der Waals surface area (Å²) >= 11 is 0. The molecule has 0 atom stereocenters. The lowest BCUT2D eigenvalue weighted by Gasteiger charge is -2.29. The maximum Gasteiger partial charge on any atom is 0.422 e. The first-order chi connectivity index (χ1) is 16.1. The van der Waals surface area contributed by atoms with Crippen LogP contribution in [0.4, 0.5) is 18.9 Å². The SMILES string of the molecule is CC(C)(NCCOc1ccccc1OCC(F)(F)F)c1cc(C#N)c2c(c1)CCN2CCCO. The highest BCUT2D eigenvalue weighted by molar-refractivity contribution is 5.69. The van der Waals surface area contributed by atoms with Crippen molar-refractivity contribution in [2.24, 2.45) is 0 Å². The van der Waals surface area contributed by atoms with Crippen molar-refractivity contribution in [3.8, 4) is 17.6 Å². The maximum atomic E-state index is 12.5. The molecule has 184 valence electrons. The lowest BCUT2D eigenvalue weighted by molar-refractivity contribution is -0.153. The highest BCUT2D eigenvalue weighted by Gasteiger charge is 2.29. The number of para-hydroxylation sites is 2. The first-order valence-corrected chi connectivity index (χ1v) is 11.2. The summed E-state index contributed by atoms with van der Waals surface area (Å²) in [5.41, 5.74) is 3.20. The van der Waals surface area contributed by atoms with Crippen molar-refractivity contribution in [3.05, 3.63) is 53.1 Å². The fraction of sp³-hybridized carbons (Fsp3) is 0.480. The van der Waals surface area contributed by atoms with Crippen LogP contribution in [-0.2, 0) is 12.0 Å². The fourth-order valence-electron chi connectivity index (χ4n) is 4.03. The van der Waals surface area contributed by atoms with Gasteiger partial charge in [0.15, 0.2) is 18.1 Å².